The molecule has 1 aromatic carbocycles. The second kappa shape index (κ2) is 5.99. The standard InChI is InChI=1S/C15H20FN3O2/c16-14-9-21-6-5-19(14)13-4-2-1-3-11(13)12-7-10(8-17)18-15(12)20/h1-4,10,12,14H,5-9,17H2,(H,18,20)/t10?,12-,14?/m0/s1. The Labute approximate surface area is 123 Å². The van der Waals surface area contributed by atoms with Crippen molar-refractivity contribution in [2.24, 2.45) is 5.73 Å². The zero-order chi connectivity index (χ0) is 14.8. The molecule has 21 heavy (non-hydrogen) atoms. The summed E-state index contributed by atoms with van der Waals surface area (Å²) < 4.78 is 19.3. The normalized spacial score (nSPS) is 29.5. The largest absolute Gasteiger partial charge is 0.375 e. The summed E-state index contributed by atoms with van der Waals surface area (Å²) >= 11 is 0. The van der Waals surface area contributed by atoms with Gasteiger partial charge < -0.3 is 20.7 Å². The number of nitrogens with two attached hydrogens (primary N) is 1. The topological polar surface area (TPSA) is 67.6 Å². The van der Waals surface area contributed by atoms with Gasteiger partial charge in [-0.3, -0.25) is 4.79 Å². The number of halogens is 1. The van der Waals surface area contributed by atoms with Crippen LogP contribution in [0, 0.1) is 0 Å². The number of nitrogens with one attached hydrogen (secondary N) is 1. The number of morpholine rings is 1. The molecule has 114 valence electrons. The zero-order valence-electron chi connectivity index (χ0n) is 11.8. The van der Waals surface area contributed by atoms with Crippen LogP contribution in [0.1, 0.15) is 17.9 Å². The van der Waals surface area contributed by atoms with E-state index in [1.807, 2.05) is 24.3 Å². The lowest BCUT2D eigenvalue weighted by Gasteiger charge is -2.34. The molecule has 0 aromatic heterocycles. The summed E-state index contributed by atoms with van der Waals surface area (Å²) in [7, 11) is 0. The van der Waals surface area contributed by atoms with Crippen molar-refractivity contribution in [2.45, 2.75) is 24.7 Å². The summed E-state index contributed by atoms with van der Waals surface area (Å²) in [6.45, 7) is 1.48. The van der Waals surface area contributed by atoms with Crippen molar-refractivity contribution >= 4 is 11.6 Å². The predicted molar refractivity (Wildman–Crippen MR) is 77.8 cm³/mol. The number of benzene rings is 1. The van der Waals surface area contributed by atoms with Crippen LogP contribution in [0.25, 0.3) is 0 Å². The summed E-state index contributed by atoms with van der Waals surface area (Å²) in [6, 6.07) is 7.53. The molecule has 0 bridgehead atoms. The molecule has 1 amide bonds. The van der Waals surface area contributed by atoms with Crippen molar-refractivity contribution in [3.05, 3.63) is 29.8 Å². The fourth-order valence-electron chi connectivity index (χ4n) is 3.06. The highest BCUT2D eigenvalue weighted by Gasteiger charge is 2.35. The number of amides is 1. The molecule has 2 fully saturated rings. The Bertz CT molecular complexity index is 525. The minimum atomic E-state index is -1.17. The molecule has 2 heterocycles. The number of nitrogens with zero attached hydrogens (tertiary/aromatic N) is 1. The number of rotatable bonds is 3. The molecule has 0 radical (unpaired) electrons. The van der Waals surface area contributed by atoms with E-state index in [0.717, 1.165) is 11.3 Å². The maximum Gasteiger partial charge on any atom is 0.227 e. The number of carbonyl (C=O) groups is 1. The highest BCUT2D eigenvalue weighted by Crippen LogP contribution is 2.35. The first-order valence-corrected chi connectivity index (χ1v) is 7.28. The lowest BCUT2D eigenvalue weighted by Crippen LogP contribution is -2.43. The van der Waals surface area contributed by atoms with Gasteiger partial charge in [-0.25, -0.2) is 4.39 Å². The lowest BCUT2D eigenvalue weighted by atomic mass is 9.93. The Morgan fingerprint density at radius 3 is 2.95 bits per heavy atom. The fraction of sp³-hybridized carbons (Fsp3) is 0.533. The molecule has 3 atom stereocenters. The number of anilines is 1. The SMILES string of the molecule is NCC1C[C@@H](c2ccccc2N2CCOCC2F)C(=O)N1. The first-order valence-electron chi connectivity index (χ1n) is 7.28. The maximum atomic E-state index is 14.1. The van der Waals surface area contributed by atoms with Crippen molar-refractivity contribution in [3.63, 3.8) is 0 Å². The van der Waals surface area contributed by atoms with Gasteiger partial charge in [-0.1, -0.05) is 18.2 Å². The van der Waals surface area contributed by atoms with E-state index in [4.69, 9.17) is 10.5 Å². The summed E-state index contributed by atoms with van der Waals surface area (Å²) in [5, 5.41) is 2.89. The molecule has 5 nitrogen and oxygen atoms in total. The van der Waals surface area contributed by atoms with E-state index in [2.05, 4.69) is 5.32 Å². The Morgan fingerprint density at radius 2 is 2.24 bits per heavy atom. The number of hydrogen-bond acceptors (Lipinski definition) is 4. The first kappa shape index (κ1) is 14.3. The van der Waals surface area contributed by atoms with Crippen LogP contribution in [0.2, 0.25) is 0 Å². The second-order valence-electron chi connectivity index (χ2n) is 5.49. The molecule has 2 aliphatic rings. The van der Waals surface area contributed by atoms with E-state index in [9.17, 15) is 9.18 Å². The van der Waals surface area contributed by atoms with Crippen LogP contribution in [0.5, 0.6) is 0 Å². The van der Waals surface area contributed by atoms with Gasteiger partial charge in [0.1, 0.15) is 0 Å². The highest BCUT2D eigenvalue weighted by atomic mass is 19.1. The van der Waals surface area contributed by atoms with E-state index in [0.29, 0.717) is 26.1 Å². The molecule has 0 spiro atoms. The van der Waals surface area contributed by atoms with Gasteiger partial charge >= 0.3 is 0 Å². The predicted octanol–water partition coefficient (Wildman–Crippen LogP) is 0.750. The van der Waals surface area contributed by atoms with Crippen LogP contribution >= 0.6 is 0 Å². The van der Waals surface area contributed by atoms with Crippen LogP contribution in [0.4, 0.5) is 10.1 Å². The molecule has 3 rings (SSSR count). The number of para-hydroxylation sites is 1. The molecule has 2 saturated heterocycles. The number of ether oxygens (including phenoxy) is 1. The molecule has 6 heteroatoms. The second-order valence-corrected chi connectivity index (χ2v) is 5.49. The molecule has 0 aliphatic carbocycles. The van der Waals surface area contributed by atoms with Crippen molar-refractivity contribution in [1.82, 2.24) is 5.32 Å². The van der Waals surface area contributed by atoms with Gasteiger partial charge in [-0.15, -0.1) is 0 Å². The number of carbonyl (C=O) groups excluding carboxylic acids is 1. The molecule has 0 saturated carbocycles. The Balaban J connectivity index is 1.91. The van der Waals surface area contributed by atoms with Gasteiger partial charge in [0.25, 0.3) is 0 Å². The van der Waals surface area contributed by atoms with Gasteiger partial charge in [0.15, 0.2) is 6.30 Å². The van der Waals surface area contributed by atoms with Crippen molar-refractivity contribution in [1.29, 1.82) is 0 Å². The molecule has 3 N–H and O–H groups in total. The first-order chi connectivity index (χ1) is 10.2. The third-order valence-corrected chi connectivity index (χ3v) is 4.16. The third kappa shape index (κ3) is 2.73. The van der Waals surface area contributed by atoms with Crippen LogP contribution in [0.3, 0.4) is 0 Å². The van der Waals surface area contributed by atoms with E-state index in [-0.39, 0.29) is 24.5 Å². The van der Waals surface area contributed by atoms with Crippen LogP contribution in [-0.2, 0) is 9.53 Å². The summed E-state index contributed by atoms with van der Waals surface area (Å²) in [4.78, 5) is 13.8. The van der Waals surface area contributed by atoms with E-state index >= 15 is 0 Å². The molecule has 1 aromatic rings. The molecular weight excluding hydrogens is 273 g/mol. The van der Waals surface area contributed by atoms with E-state index in [1.165, 1.54) is 0 Å². The smallest absolute Gasteiger partial charge is 0.227 e. The fourth-order valence-corrected chi connectivity index (χ4v) is 3.06. The van der Waals surface area contributed by atoms with Crippen LogP contribution in [-0.4, -0.2) is 44.5 Å². The minimum Gasteiger partial charge on any atom is -0.375 e. The van der Waals surface area contributed by atoms with E-state index < -0.39 is 6.30 Å². The van der Waals surface area contributed by atoms with Gasteiger partial charge in [0.05, 0.1) is 19.1 Å². The van der Waals surface area contributed by atoms with Crippen molar-refractivity contribution < 1.29 is 13.9 Å². The van der Waals surface area contributed by atoms with E-state index in [1.54, 1.807) is 4.90 Å². The third-order valence-electron chi connectivity index (χ3n) is 4.16. The van der Waals surface area contributed by atoms with Crippen molar-refractivity contribution in [2.75, 3.05) is 31.2 Å². The molecule has 2 unspecified atom stereocenters. The highest BCUT2D eigenvalue weighted by molar-refractivity contribution is 5.88. The minimum absolute atomic E-state index is 0.00131. The van der Waals surface area contributed by atoms with Crippen molar-refractivity contribution in [3.8, 4) is 0 Å². The summed E-state index contributed by atoms with van der Waals surface area (Å²) in [5.41, 5.74) is 7.29. The van der Waals surface area contributed by atoms with Gasteiger partial charge in [0.2, 0.25) is 5.91 Å². The average molecular weight is 293 g/mol. The van der Waals surface area contributed by atoms with Crippen LogP contribution < -0.4 is 16.0 Å². The number of alkyl halides is 1. The Kier molecular flexibility index (Phi) is 4.07. The summed E-state index contributed by atoms with van der Waals surface area (Å²) in [5.74, 6) is -0.286. The molecule has 2 aliphatic heterocycles. The Hall–Kier alpha value is -1.66. The summed E-state index contributed by atoms with van der Waals surface area (Å²) in [6.07, 6.45) is -0.511. The molecular formula is C15H20FN3O2. The van der Waals surface area contributed by atoms with Gasteiger partial charge in [0, 0.05) is 24.8 Å². The van der Waals surface area contributed by atoms with Crippen LogP contribution in [0.15, 0.2) is 24.3 Å². The lowest BCUT2D eigenvalue weighted by molar-refractivity contribution is -0.120. The zero-order valence-corrected chi connectivity index (χ0v) is 11.8. The maximum absolute atomic E-state index is 14.1. The number of hydrogen-bond donors (Lipinski definition) is 2. The quantitative estimate of drug-likeness (QED) is 0.807. The van der Waals surface area contributed by atoms with Gasteiger partial charge in [-0.2, -0.15) is 0 Å². The van der Waals surface area contributed by atoms with Gasteiger partial charge in [-0.05, 0) is 18.1 Å². The monoisotopic (exact) mass is 293 g/mol. The average Bonchev–Trinajstić information content (AvgIpc) is 2.89. The Morgan fingerprint density at radius 1 is 1.43 bits per heavy atom.